The molecule has 37 heavy (non-hydrogen) atoms. The van der Waals surface area contributed by atoms with Gasteiger partial charge in [-0.05, 0) is 80.5 Å². The molecule has 2 aromatic rings. The fourth-order valence-electron chi connectivity index (χ4n) is 6.39. The fraction of sp³-hybridized carbons (Fsp3) is 0.581. The lowest BCUT2D eigenvalue weighted by molar-refractivity contribution is -0.140. The zero-order valence-electron chi connectivity index (χ0n) is 22.4. The van der Waals surface area contributed by atoms with Gasteiger partial charge < -0.3 is 20.5 Å². The summed E-state index contributed by atoms with van der Waals surface area (Å²) in [5.74, 6) is 0.151. The molecule has 5 nitrogen and oxygen atoms in total. The van der Waals surface area contributed by atoms with Gasteiger partial charge in [0.15, 0.2) is 0 Å². The number of halogens is 1. The van der Waals surface area contributed by atoms with Gasteiger partial charge >= 0.3 is 0 Å². The lowest BCUT2D eigenvalue weighted by Crippen LogP contribution is -2.49. The molecule has 1 aliphatic carbocycles. The SMILES string of the molecule is CCc1cccc(-c2c(Cl)cccc2C(O)(CCCCOC)[C@@H]2CCCN(C(=O)[C@@H]3CC[C@H](N)C3)C2)c1. The quantitative estimate of drug-likeness (QED) is 0.376. The van der Waals surface area contributed by atoms with Crippen molar-refractivity contribution in [1.29, 1.82) is 0 Å². The largest absolute Gasteiger partial charge is 0.385 e. The van der Waals surface area contributed by atoms with Crippen LogP contribution in [-0.4, -0.2) is 48.8 Å². The first-order valence-corrected chi connectivity index (χ1v) is 14.4. The minimum Gasteiger partial charge on any atom is -0.385 e. The van der Waals surface area contributed by atoms with E-state index in [1.165, 1.54) is 5.56 Å². The Morgan fingerprint density at radius 3 is 2.73 bits per heavy atom. The Labute approximate surface area is 227 Å². The molecule has 3 N–H and O–H groups in total. The Bertz CT molecular complexity index is 1060. The molecule has 0 spiro atoms. The van der Waals surface area contributed by atoms with E-state index >= 15 is 0 Å². The number of unbranched alkanes of at least 4 members (excludes halogenated alkanes) is 1. The number of likely N-dealkylation sites (tertiary alicyclic amines) is 1. The number of aryl methyl sites for hydroxylation is 1. The number of aliphatic hydroxyl groups is 1. The number of nitrogens with two attached hydrogens (primary N) is 1. The van der Waals surface area contributed by atoms with Gasteiger partial charge in [-0.2, -0.15) is 0 Å². The highest BCUT2D eigenvalue weighted by atomic mass is 35.5. The van der Waals surface area contributed by atoms with Crippen molar-refractivity contribution in [1.82, 2.24) is 4.90 Å². The molecule has 2 aromatic carbocycles. The van der Waals surface area contributed by atoms with E-state index in [0.29, 0.717) is 24.6 Å². The first-order valence-electron chi connectivity index (χ1n) is 14.0. The summed E-state index contributed by atoms with van der Waals surface area (Å²) < 4.78 is 5.29. The summed E-state index contributed by atoms with van der Waals surface area (Å²) in [6.45, 7) is 4.12. The van der Waals surface area contributed by atoms with Crippen LogP contribution in [0, 0.1) is 11.8 Å². The first-order chi connectivity index (χ1) is 17.9. The Hall–Kier alpha value is -1.92. The van der Waals surface area contributed by atoms with Crippen LogP contribution in [0.2, 0.25) is 5.02 Å². The highest BCUT2D eigenvalue weighted by molar-refractivity contribution is 6.33. The third-order valence-electron chi connectivity index (χ3n) is 8.49. The number of rotatable bonds is 10. The molecule has 6 heteroatoms. The van der Waals surface area contributed by atoms with Crippen molar-refractivity contribution in [2.24, 2.45) is 17.6 Å². The van der Waals surface area contributed by atoms with E-state index in [1.807, 2.05) is 23.1 Å². The summed E-state index contributed by atoms with van der Waals surface area (Å²) in [4.78, 5) is 15.4. The van der Waals surface area contributed by atoms with Crippen molar-refractivity contribution in [3.8, 4) is 11.1 Å². The smallest absolute Gasteiger partial charge is 0.225 e. The van der Waals surface area contributed by atoms with E-state index in [1.54, 1.807) is 7.11 Å². The Balaban J connectivity index is 1.70. The maximum absolute atomic E-state index is 13.4. The molecular formula is C31H43ClN2O3. The molecule has 0 radical (unpaired) electrons. The van der Waals surface area contributed by atoms with Gasteiger partial charge in [0.05, 0.1) is 5.60 Å². The second-order valence-electron chi connectivity index (χ2n) is 11.0. The summed E-state index contributed by atoms with van der Waals surface area (Å²) in [6, 6.07) is 14.4. The van der Waals surface area contributed by atoms with Crippen LogP contribution in [0.1, 0.15) is 69.4 Å². The van der Waals surface area contributed by atoms with Crippen LogP contribution in [0.3, 0.4) is 0 Å². The van der Waals surface area contributed by atoms with Gasteiger partial charge in [0.2, 0.25) is 5.91 Å². The maximum atomic E-state index is 13.4. The standard InChI is InChI=1S/C31H43ClN2O3/c1-3-22-9-6-10-23(19-22)29-27(12-7-13-28(29)32)31(36,16-4-5-18-37-2)25-11-8-17-34(21-25)30(35)24-14-15-26(33)20-24/h6-7,9-10,12-13,19,24-26,36H,3-5,8,11,14-18,20-21,33H2,1-2H3/t24-,25-,26+,31?/m1/s1. The van der Waals surface area contributed by atoms with E-state index in [4.69, 9.17) is 22.1 Å². The van der Waals surface area contributed by atoms with E-state index in [0.717, 1.165) is 74.6 Å². The number of hydrogen-bond acceptors (Lipinski definition) is 4. The van der Waals surface area contributed by atoms with Gasteiger partial charge in [0.25, 0.3) is 0 Å². The van der Waals surface area contributed by atoms with Crippen LogP contribution in [0.25, 0.3) is 11.1 Å². The van der Waals surface area contributed by atoms with Crippen molar-refractivity contribution in [2.75, 3.05) is 26.8 Å². The molecule has 0 aromatic heterocycles. The number of amides is 1. The molecule has 202 valence electrons. The molecule has 4 atom stereocenters. The van der Waals surface area contributed by atoms with Crippen LogP contribution in [-0.2, 0) is 21.6 Å². The number of nitrogens with zero attached hydrogens (tertiary/aromatic N) is 1. The van der Waals surface area contributed by atoms with Crippen molar-refractivity contribution < 1.29 is 14.6 Å². The first kappa shape index (κ1) is 28.1. The van der Waals surface area contributed by atoms with E-state index in [2.05, 4.69) is 31.2 Å². The molecule has 1 amide bonds. The molecule has 1 heterocycles. The maximum Gasteiger partial charge on any atom is 0.225 e. The van der Waals surface area contributed by atoms with Gasteiger partial charge in [-0.15, -0.1) is 0 Å². The molecular weight excluding hydrogens is 484 g/mol. The van der Waals surface area contributed by atoms with Crippen molar-refractivity contribution in [3.63, 3.8) is 0 Å². The van der Waals surface area contributed by atoms with Gasteiger partial charge in [0.1, 0.15) is 0 Å². The second-order valence-corrected chi connectivity index (χ2v) is 11.4. The van der Waals surface area contributed by atoms with Crippen LogP contribution in [0.5, 0.6) is 0 Å². The molecule has 0 bridgehead atoms. The molecule has 2 aliphatic rings. The predicted molar refractivity (Wildman–Crippen MR) is 151 cm³/mol. The zero-order chi connectivity index (χ0) is 26.4. The monoisotopic (exact) mass is 526 g/mol. The Morgan fingerprint density at radius 1 is 1.19 bits per heavy atom. The van der Waals surface area contributed by atoms with Gasteiger partial charge in [-0.3, -0.25) is 4.79 Å². The molecule has 2 fully saturated rings. The highest BCUT2D eigenvalue weighted by Gasteiger charge is 2.44. The normalized spacial score (nSPS) is 23.7. The topological polar surface area (TPSA) is 75.8 Å². The lowest BCUT2D eigenvalue weighted by atomic mass is 9.72. The average molecular weight is 527 g/mol. The summed E-state index contributed by atoms with van der Waals surface area (Å²) in [6.07, 6.45) is 7.54. The van der Waals surface area contributed by atoms with Crippen LogP contribution in [0.15, 0.2) is 42.5 Å². The van der Waals surface area contributed by atoms with Gasteiger partial charge in [-0.1, -0.05) is 54.9 Å². The molecule has 1 aliphatic heterocycles. The highest BCUT2D eigenvalue weighted by Crippen LogP contribution is 2.46. The number of methoxy groups -OCH3 is 1. The summed E-state index contributed by atoms with van der Waals surface area (Å²) in [5.41, 5.74) is 9.04. The second kappa shape index (κ2) is 12.8. The van der Waals surface area contributed by atoms with Crippen LogP contribution in [0.4, 0.5) is 0 Å². The van der Waals surface area contributed by atoms with Gasteiger partial charge in [0, 0.05) is 55.3 Å². The molecule has 1 saturated heterocycles. The molecule has 1 saturated carbocycles. The van der Waals surface area contributed by atoms with Crippen molar-refractivity contribution >= 4 is 17.5 Å². The number of benzene rings is 2. The Kier molecular flexibility index (Phi) is 9.68. The summed E-state index contributed by atoms with van der Waals surface area (Å²) in [5, 5.41) is 13.3. The fourth-order valence-corrected chi connectivity index (χ4v) is 6.67. The minimum absolute atomic E-state index is 0.0158. The molecule has 1 unspecified atom stereocenters. The average Bonchev–Trinajstić information content (AvgIpc) is 3.36. The van der Waals surface area contributed by atoms with Crippen molar-refractivity contribution in [3.05, 3.63) is 58.6 Å². The van der Waals surface area contributed by atoms with E-state index in [9.17, 15) is 9.90 Å². The minimum atomic E-state index is -1.11. The van der Waals surface area contributed by atoms with Crippen molar-refractivity contribution in [2.45, 2.75) is 76.4 Å². The number of hydrogen-bond donors (Lipinski definition) is 2. The predicted octanol–water partition coefficient (Wildman–Crippen LogP) is 5.94. The number of carbonyl (C=O) groups excluding carboxylic acids is 1. The third-order valence-corrected chi connectivity index (χ3v) is 8.81. The van der Waals surface area contributed by atoms with E-state index in [-0.39, 0.29) is 23.8 Å². The summed E-state index contributed by atoms with van der Waals surface area (Å²) in [7, 11) is 1.71. The summed E-state index contributed by atoms with van der Waals surface area (Å²) >= 11 is 6.86. The lowest BCUT2D eigenvalue weighted by Gasteiger charge is -2.44. The Morgan fingerprint density at radius 2 is 2.00 bits per heavy atom. The number of carbonyl (C=O) groups is 1. The zero-order valence-corrected chi connectivity index (χ0v) is 23.2. The number of ether oxygens (including phenoxy) is 1. The molecule has 4 rings (SSSR count). The van der Waals surface area contributed by atoms with Gasteiger partial charge in [-0.25, -0.2) is 0 Å². The van der Waals surface area contributed by atoms with Crippen LogP contribution >= 0.6 is 11.6 Å². The van der Waals surface area contributed by atoms with Crippen LogP contribution < -0.4 is 5.73 Å². The van der Waals surface area contributed by atoms with E-state index < -0.39 is 5.60 Å². The number of piperidine rings is 1. The third kappa shape index (κ3) is 6.39.